The molecule has 1 fully saturated rings. The topological polar surface area (TPSA) is 107 Å². The molecule has 0 aliphatic carbocycles. The van der Waals surface area contributed by atoms with Gasteiger partial charge in [-0.05, 0) is 86.8 Å². The van der Waals surface area contributed by atoms with E-state index in [1.165, 1.54) is 11.8 Å². The van der Waals surface area contributed by atoms with Gasteiger partial charge in [0.25, 0.3) is 0 Å². The van der Waals surface area contributed by atoms with Crippen molar-refractivity contribution in [2.45, 2.75) is 38.6 Å². The Morgan fingerprint density at radius 2 is 2.08 bits per heavy atom. The van der Waals surface area contributed by atoms with Crippen LogP contribution in [-0.4, -0.2) is 57.9 Å². The molecule has 2 aromatic rings. The predicted molar refractivity (Wildman–Crippen MR) is 167 cm³/mol. The van der Waals surface area contributed by atoms with E-state index in [0.717, 1.165) is 55.6 Å². The van der Waals surface area contributed by atoms with Gasteiger partial charge in [-0.25, -0.2) is 4.99 Å². The third kappa shape index (κ3) is 6.57. The van der Waals surface area contributed by atoms with Gasteiger partial charge in [0.15, 0.2) is 5.78 Å². The molecule has 3 aliphatic rings. The van der Waals surface area contributed by atoms with Crippen LogP contribution < -0.4 is 11.1 Å². The first-order valence-electron chi connectivity index (χ1n) is 13.7. The summed E-state index contributed by atoms with van der Waals surface area (Å²) in [6.07, 6.45) is 15.3. The first-order chi connectivity index (χ1) is 19.4. The molecular formula is C31H35ClN6OS. The molecule has 208 valence electrons. The lowest BCUT2D eigenvalue weighted by Crippen LogP contribution is -2.42. The van der Waals surface area contributed by atoms with Crippen molar-refractivity contribution in [2.24, 2.45) is 10.9 Å². The molecule has 1 unspecified atom stereocenters. The molecule has 4 heterocycles. The second-order valence-electron chi connectivity index (χ2n) is 10.5. The number of anilines is 1. The molecule has 0 radical (unpaired) electrons. The van der Waals surface area contributed by atoms with E-state index < -0.39 is 0 Å². The Labute approximate surface area is 245 Å². The summed E-state index contributed by atoms with van der Waals surface area (Å²) in [5, 5.41) is 13.3. The van der Waals surface area contributed by atoms with Crippen molar-refractivity contribution in [3.63, 3.8) is 0 Å². The lowest BCUT2D eigenvalue weighted by Gasteiger charge is -2.34. The summed E-state index contributed by atoms with van der Waals surface area (Å²) in [5.74, 6) is 1.09. The highest BCUT2D eigenvalue weighted by Gasteiger charge is 2.27. The third-order valence-electron chi connectivity index (χ3n) is 7.86. The molecule has 9 heteroatoms. The number of hydrogen-bond donors (Lipinski definition) is 3. The van der Waals surface area contributed by atoms with E-state index in [9.17, 15) is 4.79 Å². The number of allylic oxidation sites excluding steroid dienone is 3. The maximum absolute atomic E-state index is 13.7. The molecule has 0 saturated carbocycles. The normalized spacial score (nSPS) is 19.9. The predicted octanol–water partition coefficient (Wildman–Crippen LogP) is 5.65. The van der Waals surface area contributed by atoms with Crippen LogP contribution in [0.25, 0.3) is 5.57 Å². The van der Waals surface area contributed by atoms with Crippen LogP contribution in [0, 0.1) is 18.3 Å². The Morgan fingerprint density at radius 1 is 1.25 bits per heavy atom. The Bertz CT molecular complexity index is 1390. The van der Waals surface area contributed by atoms with Crippen LogP contribution in [0.2, 0.25) is 5.02 Å². The van der Waals surface area contributed by atoms with E-state index in [1.54, 1.807) is 24.5 Å². The van der Waals surface area contributed by atoms with Crippen molar-refractivity contribution in [1.29, 1.82) is 5.41 Å². The third-order valence-corrected chi connectivity index (χ3v) is 9.27. The van der Waals surface area contributed by atoms with Gasteiger partial charge in [-0.2, -0.15) is 0 Å². The van der Waals surface area contributed by atoms with Gasteiger partial charge in [-0.15, -0.1) is 0 Å². The van der Waals surface area contributed by atoms with Crippen LogP contribution in [-0.2, 0) is 4.79 Å². The molecule has 5 rings (SSSR count). The quantitative estimate of drug-likeness (QED) is 0.264. The lowest BCUT2D eigenvalue weighted by atomic mass is 9.90. The van der Waals surface area contributed by atoms with Crippen LogP contribution in [0.1, 0.15) is 42.4 Å². The van der Waals surface area contributed by atoms with E-state index in [4.69, 9.17) is 27.7 Å². The standard InChI is InChI=1S/C31H35ClN6OS/c1-20-26(32)9-8-24(28(20)33)29(34)31-37-30(25(19-40-31)22-5-4-13-35-17-22)27(39)10-7-21-11-15-38(16-12-21)18-23-6-2-3-14-36-23/h2-6,8-9,13-14,17,21,23,34,36H,7,10-12,15-16,18-19,33H2,1H3. The fraction of sp³-hybridized carbons (Fsp3) is 0.355. The maximum Gasteiger partial charge on any atom is 0.181 e. The molecule has 1 aromatic carbocycles. The summed E-state index contributed by atoms with van der Waals surface area (Å²) in [5.41, 5.74) is 10.5. The van der Waals surface area contributed by atoms with Crippen molar-refractivity contribution in [1.82, 2.24) is 15.2 Å². The average Bonchev–Trinajstić information content (AvgIpc) is 3.00. The molecule has 7 nitrogen and oxygen atoms in total. The van der Waals surface area contributed by atoms with Crippen molar-refractivity contribution in [3.8, 4) is 0 Å². The van der Waals surface area contributed by atoms with Crippen molar-refractivity contribution in [2.75, 3.05) is 31.1 Å². The highest BCUT2D eigenvalue weighted by molar-refractivity contribution is 8.16. The summed E-state index contributed by atoms with van der Waals surface area (Å²) in [6.45, 7) is 4.95. The fourth-order valence-corrected chi connectivity index (χ4v) is 6.52. The van der Waals surface area contributed by atoms with E-state index in [2.05, 4.69) is 27.4 Å². The van der Waals surface area contributed by atoms with E-state index >= 15 is 0 Å². The number of aromatic nitrogens is 1. The zero-order chi connectivity index (χ0) is 28.1. The smallest absolute Gasteiger partial charge is 0.181 e. The molecule has 1 saturated heterocycles. The number of carbonyl (C=O) groups is 1. The number of nitrogens with two attached hydrogens (primary N) is 1. The number of ketones is 1. The second-order valence-corrected chi connectivity index (χ2v) is 11.9. The Morgan fingerprint density at radius 3 is 2.80 bits per heavy atom. The van der Waals surface area contributed by atoms with Crippen molar-refractivity contribution < 1.29 is 4.79 Å². The van der Waals surface area contributed by atoms with Gasteiger partial charge in [-0.1, -0.05) is 41.6 Å². The van der Waals surface area contributed by atoms with Gasteiger partial charge in [0.1, 0.15) is 10.7 Å². The van der Waals surface area contributed by atoms with Gasteiger partial charge in [-0.3, -0.25) is 15.2 Å². The number of benzene rings is 1. The van der Waals surface area contributed by atoms with Crippen molar-refractivity contribution in [3.05, 3.63) is 88.5 Å². The van der Waals surface area contributed by atoms with Gasteiger partial charge in [0, 0.05) is 53.0 Å². The molecule has 0 bridgehead atoms. The maximum atomic E-state index is 13.7. The number of pyridine rings is 1. The summed E-state index contributed by atoms with van der Waals surface area (Å²) in [7, 11) is 0. The minimum atomic E-state index is 0.0236. The molecule has 4 N–H and O–H groups in total. The Hall–Kier alpha value is -3.20. The number of hydrogen-bond acceptors (Lipinski definition) is 8. The summed E-state index contributed by atoms with van der Waals surface area (Å²) < 4.78 is 0. The molecule has 40 heavy (non-hydrogen) atoms. The number of piperidine rings is 1. The van der Waals surface area contributed by atoms with Crippen LogP contribution in [0.3, 0.4) is 0 Å². The van der Waals surface area contributed by atoms with Crippen LogP contribution >= 0.6 is 23.4 Å². The van der Waals surface area contributed by atoms with Crippen LogP contribution in [0.5, 0.6) is 0 Å². The zero-order valence-electron chi connectivity index (χ0n) is 22.7. The average molecular weight is 575 g/mol. The minimum absolute atomic E-state index is 0.0236. The van der Waals surface area contributed by atoms with E-state index in [-0.39, 0.29) is 11.5 Å². The Kier molecular flexibility index (Phi) is 9.19. The highest BCUT2D eigenvalue weighted by atomic mass is 35.5. The molecule has 0 spiro atoms. The SMILES string of the molecule is Cc1c(Cl)ccc(C(=N)C2=NC(C(=O)CCC3CCN(CC4C=CC=CN4)CC3)=C(c3cccnc3)CS2)c1N. The number of Topliss-reactive ketones (excluding diaryl/α,β-unsaturated/α-hetero) is 1. The summed E-state index contributed by atoms with van der Waals surface area (Å²) >= 11 is 7.67. The second kappa shape index (κ2) is 13.0. The largest absolute Gasteiger partial charge is 0.398 e. The van der Waals surface area contributed by atoms with Gasteiger partial charge < -0.3 is 16.0 Å². The number of thioether (sulfide) groups is 1. The number of nitrogens with one attached hydrogen (secondary N) is 2. The monoisotopic (exact) mass is 574 g/mol. The molecular weight excluding hydrogens is 540 g/mol. The highest BCUT2D eigenvalue weighted by Crippen LogP contribution is 2.34. The first kappa shape index (κ1) is 28.3. The number of nitrogen functional groups attached to an aromatic ring is 1. The zero-order valence-corrected chi connectivity index (χ0v) is 24.3. The number of aliphatic imine (C=N–C) groups is 1. The molecule has 1 atom stereocenters. The Balaban J connectivity index is 1.28. The lowest BCUT2D eigenvalue weighted by molar-refractivity contribution is -0.115. The number of likely N-dealkylation sites (tertiary alicyclic amines) is 1. The number of dihydropyridines is 1. The molecule has 0 amide bonds. The minimum Gasteiger partial charge on any atom is -0.398 e. The summed E-state index contributed by atoms with van der Waals surface area (Å²) in [4.78, 5) is 25.2. The number of rotatable bonds is 9. The van der Waals surface area contributed by atoms with Gasteiger partial charge in [0.2, 0.25) is 0 Å². The fourth-order valence-electron chi connectivity index (χ4n) is 5.36. The molecule has 3 aliphatic heterocycles. The van der Waals surface area contributed by atoms with Crippen LogP contribution in [0.4, 0.5) is 5.69 Å². The first-order valence-corrected chi connectivity index (χ1v) is 15.1. The van der Waals surface area contributed by atoms with Crippen molar-refractivity contribution >= 4 is 51.2 Å². The molecule has 1 aromatic heterocycles. The van der Waals surface area contributed by atoms with Gasteiger partial charge >= 0.3 is 0 Å². The van der Waals surface area contributed by atoms with E-state index in [0.29, 0.717) is 51.1 Å². The summed E-state index contributed by atoms with van der Waals surface area (Å²) in [6, 6.07) is 7.70. The van der Waals surface area contributed by atoms with Crippen LogP contribution in [0.15, 0.2) is 71.8 Å². The van der Waals surface area contributed by atoms with Gasteiger partial charge in [0.05, 0.1) is 11.8 Å². The van der Waals surface area contributed by atoms with E-state index in [1.807, 2.05) is 31.3 Å². The number of halogens is 1. The number of carbonyl (C=O) groups excluding carboxylic acids is 1. The number of nitrogens with zero attached hydrogens (tertiary/aromatic N) is 3.